The third-order valence-corrected chi connectivity index (χ3v) is 2.64. The van der Waals surface area contributed by atoms with E-state index in [9.17, 15) is 0 Å². The zero-order chi connectivity index (χ0) is 14.2. The molecule has 0 N–H and O–H groups in total. The van der Waals surface area contributed by atoms with E-state index in [1.807, 2.05) is 30.3 Å². The molecular formula is C16H15NO3. The lowest BCUT2D eigenvalue weighted by atomic mass is 10.2. The minimum atomic E-state index is 0.418. The van der Waals surface area contributed by atoms with Crippen LogP contribution in [0.4, 0.5) is 0 Å². The molecular weight excluding hydrogens is 254 g/mol. The largest absolute Gasteiger partial charge is 0.497 e. The topological polar surface area (TPSA) is 51.5 Å². The first-order chi connectivity index (χ1) is 9.81. The molecule has 0 heterocycles. The van der Waals surface area contributed by atoms with E-state index in [-0.39, 0.29) is 0 Å². The molecule has 0 aliphatic heterocycles. The van der Waals surface area contributed by atoms with E-state index in [0.717, 1.165) is 11.5 Å². The Kier molecular flexibility index (Phi) is 4.85. The Balaban J connectivity index is 1.77. The Bertz CT molecular complexity index is 587. The van der Waals surface area contributed by atoms with Gasteiger partial charge in [0.2, 0.25) is 0 Å². The molecule has 2 aromatic rings. The minimum Gasteiger partial charge on any atom is -0.497 e. The van der Waals surface area contributed by atoms with Crippen molar-refractivity contribution in [2.24, 2.45) is 0 Å². The number of hydrogen-bond donors (Lipinski definition) is 0. The summed E-state index contributed by atoms with van der Waals surface area (Å²) >= 11 is 0. The number of nitrogens with zero attached hydrogens (tertiary/aromatic N) is 1. The van der Waals surface area contributed by atoms with E-state index in [0.29, 0.717) is 24.5 Å². The SMILES string of the molecule is COc1ccc(OCCOc2cccc(C#N)c2)cc1. The van der Waals surface area contributed by atoms with Crippen molar-refractivity contribution < 1.29 is 14.2 Å². The second kappa shape index (κ2) is 7.05. The summed E-state index contributed by atoms with van der Waals surface area (Å²) in [6, 6.07) is 16.5. The molecule has 4 nitrogen and oxygen atoms in total. The van der Waals surface area contributed by atoms with Gasteiger partial charge in [0.1, 0.15) is 30.5 Å². The fourth-order valence-electron chi connectivity index (χ4n) is 1.65. The zero-order valence-electron chi connectivity index (χ0n) is 11.2. The quantitative estimate of drug-likeness (QED) is 0.756. The van der Waals surface area contributed by atoms with Gasteiger partial charge in [0.25, 0.3) is 0 Å². The smallest absolute Gasteiger partial charge is 0.122 e. The zero-order valence-corrected chi connectivity index (χ0v) is 11.2. The van der Waals surface area contributed by atoms with Crippen LogP contribution in [0.3, 0.4) is 0 Å². The van der Waals surface area contributed by atoms with Gasteiger partial charge in [0, 0.05) is 0 Å². The van der Waals surface area contributed by atoms with Crippen molar-refractivity contribution in [1.29, 1.82) is 5.26 Å². The minimum absolute atomic E-state index is 0.418. The second-order valence-corrected chi connectivity index (χ2v) is 4.01. The molecule has 0 amide bonds. The Morgan fingerprint density at radius 2 is 1.55 bits per heavy atom. The molecule has 0 saturated heterocycles. The van der Waals surface area contributed by atoms with Gasteiger partial charge in [-0.2, -0.15) is 5.26 Å². The summed E-state index contributed by atoms with van der Waals surface area (Å²) in [5.41, 5.74) is 0.582. The molecule has 0 fully saturated rings. The Morgan fingerprint density at radius 3 is 2.20 bits per heavy atom. The van der Waals surface area contributed by atoms with Gasteiger partial charge in [0.15, 0.2) is 0 Å². The predicted molar refractivity (Wildman–Crippen MR) is 75.1 cm³/mol. The molecule has 0 radical (unpaired) electrons. The maximum Gasteiger partial charge on any atom is 0.122 e. The average Bonchev–Trinajstić information content (AvgIpc) is 2.52. The first-order valence-electron chi connectivity index (χ1n) is 6.21. The molecule has 0 saturated carbocycles. The van der Waals surface area contributed by atoms with Crippen LogP contribution in [0.2, 0.25) is 0 Å². The van der Waals surface area contributed by atoms with Crippen LogP contribution in [-0.2, 0) is 0 Å². The monoisotopic (exact) mass is 269 g/mol. The van der Waals surface area contributed by atoms with E-state index in [4.69, 9.17) is 19.5 Å². The maximum atomic E-state index is 8.78. The van der Waals surface area contributed by atoms with Crippen molar-refractivity contribution >= 4 is 0 Å². The molecule has 0 unspecified atom stereocenters. The Morgan fingerprint density at radius 1 is 0.900 bits per heavy atom. The predicted octanol–water partition coefficient (Wildman–Crippen LogP) is 3.02. The molecule has 0 atom stereocenters. The lowest BCUT2D eigenvalue weighted by Gasteiger charge is -2.09. The van der Waals surface area contributed by atoms with Gasteiger partial charge in [-0.05, 0) is 42.5 Å². The lowest BCUT2D eigenvalue weighted by Crippen LogP contribution is -2.08. The Hall–Kier alpha value is -2.67. The lowest BCUT2D eigenvalue weighted by molar-refractivity contribution is 0.217. The summed E-state index contributed by atoms with van der Waals surface area (Å²) in [7, 11) is 1.62. The summed E-state index contributed by atoms with van der Waals surface area (Å²) in [6.07, 6.45) is 0. The maximum absolute atomic E-state index is 8.78. The van der Waals surface area contributed by atoms with E-state index in [1.165, 1.54) is 0 Å². The molecule has 102 valence electrons. The van der Waals surface area contributed by atoms with Gasteiger partial charge in [0.05, 0.1) is 18.7 Å². The van der Waals surface area contributed by atoms with E-state index in [2.05, 4.69) is 6.07 Å². The highest BCUT2D eigenvalue weighted by atomic mass is 16.5. The molecule has 2 aromatic carbocycles. The van der Waals surface area contributed by atoms with E-state index < -0.39 is 0 Å². The van der Waals surface area contributed by atoms with Crippen LogP contribution in [0.25, 0.3) is 0 Å². The van der Waals surface area contributed by atoms with Gasteiger partial charge in [-0.1, -0.05) is 6.07 Å². The number of hydrogen-bond acceptors (Lipinski definition) is 4. The molecule has 0 bridgehead atoms. The van der Waals surface area contributed by atoms with Crippen molar-refractivity contribution in [3.8, 4) is 23.3 Å². The summed E-state index contributed by atoms with van der Waals surface area (Å²) in [6.45, 7) is 0.851. The standard InChI is InChI=1S/C16H15NO3/c1-18-14-5-7-15(8-6-14)19-9-10-20-16-4-2-3-13(11-16)12-17/h2-8,11H,9-10H2,1H3. The summed E-state index contributed by atoms with van der Waals surface area (Å²) in [5.74, 6) is 2.23. The highest BCUT2D eigenvalue weighted by molar-refractivity contribution is 5.36. The van der Waals surface area contributed by atoms with Crippen LogP contribution in [0.15, 0.2) is 48.5 Å². The third kappa shape index (κ3) is 3.92. The van der Waals surface area contributed by atoms with Gasteiger partial charge in [-0.3, -0.25) is 0 Å². The Labute approximate surface area is 118 Å². The number of nitriles is 1. The highest BCUT2D eigenvalue weighted by Crippen LogP contribution is 2.17. The molecule has 4 heteroatoms. The second-order valence-electron chi connectivity index (χ2n) is 4.01. The number of methoxy groups -OCH3 is 1. The van der Waals surface area contributed by atoms with Gasteiger partial charge >= 0.3 is 0 Å². The first-order valence-corrected chi connectivity index (χ1v) is 6.21. The highest BCUT2D eigenvalue weighted by Gasteiger charge is 1.98. The molecule has 0 spiro atoms. The fraction of sp³-hybridized carbons (Fsp3) is 0.188. The van der Waals surface area contributed by atoms with Gasteiger partial charge in [-0.15, -0.1) is 0 Å². The molecule has 0 aliphatic carbocycles. The van der Waals surface area contributed by atoms with Crippen LogP contribution < -0.4 is 14.2 Å². The first kappa shape index (κ1) is 13.8. The van der Waals surface area contributed by atoms with Crippen molar-refractivity contribution in [2.45, 2.75) is 0 Å². The number of rotatable bonds is 6. The fourth-order valence-corrected chi connectivity index (χ4v) is 1.65. The van der Waals surface area contributed by atoms with Crippen LogP contribution in [0.1, 0.15) is 5.56 Å². The summed E-state index contributed by atoms with van der Waals surface area (Å²) in [5, 5.41) is 8.78. The summed E-state index contributed by atoms with van der Waals surface area (Å²) in [4.78, 5) is 0. The van der Waals surface area contributed by atoms with Gasteiger partial charge < -0.3 is 14.2 Å². The summed E-state index contributed by atoms with van der Waals surface area (Å²) < 4.78 is 16.1. The van der Waals surface area contributed by atoms with Crippen molar-refractivity contribution in [3.63, 3.8) is 0 Å². The van der Waals surface area contributed by atoms with Crippen LogP contribution in [0.5, 0.6) is 17.2 Å². The van der Waals surface area contributed by atoms with Crippen LogP contribution in [-0.4, -0.2) is 20.3 Å². The van der Waals surface area contributed by atoms with Gasteiger partial charge in [-0.25, -0.2) is 0 Å². The molecule has 20 heavy (non-hydrogen) atoms. The van der Waals surface area contributed by atoms with Crippen LogP contribution >= 0.6 is 0 Å². The third-order valence-electron chi connectivity index (χ3n) is 2.64. The average molecular weight is 269 g/mol. The van der Waals surface area contributed by atoms with Crippen LogP contribution in [0, 0.1) is 11.3 Å². The van der Waals surface area contributed by atoms with Crippen molar-refractivity contribution in [2.75, 3.05) is 20.3 Å². The molecule has 2 rings (SSSR count). The van der Waals surface area contributed by atoms with Crippen molar-refractivity contribution in [1.82, 2.24) is 0 Å². The molecule has 0 aliphatic rings. The number of benzene rings is 2. The molecule has 0 aromatic heterocycles. The normalized spacial score (nSPS) is 9.60. The van der Waals surface area contributed by atoms with Crippen molar-refractivity contribution in [3.05, 3.63) is 54.1 Å². The number of ether oxygens (including phenoxy) is 3. The van der Waals surface area contributed by atoms with E-state index in [1.54, 1.807) is 25.3 Å². The van der Waals surface area contributed by atoms with E-state index >= 15 is 0 Å².